The van der Waals surface area contributed by atoms with Crippen molar-refractivity contribution in [2.75, 3.05) is 0 Å². The van der Waals surface area contributed by atoms with Gasteiger partial charge in [0.25, 0.3) is 0 Å². The van der Waals surface area contributed by atoms with E-state index in [0.29, 0.717) is 12.0 Å². The molecule has 1 aliphatic carbocycles. The topological polar surface area (TPSA) is 9.23 Å². The highest BCUT2D eigenvalue weighted by Gasteiger charge is 2.41. The Balaban J connectivity index is 1.75. The SMILES string of the molecule is CC[C@@]1(C)C/C1=C\c1ccccc1OCc1ccccc1. The fourth-order valence-electron chi connectivity index (χ4n) is 2.61. The van der Waals surface area contributed by atoms with E-state index in [1.54, 1.807) is 5.57 Å². The molecule has 0 aromatic heterocycles. The van der Waals surface area contributed by atoms with E-state index < -0.39 is 0 Å². The van der Waals surface area contributed by atoms with Crippen LogP contribution in [0, 0.1) is 5.41 Å². The van der Waals surface area contributed by atoms with E-state index >= 15 is 0 Å². The van der Waals surface area contributed by atoms with Crippen LogP contribution in [0.2, 0.25) is 0 Å². The molecule has 1 atom stereocenters. The van der Waals surface area contributed by atoms with Crippen LogP contribution in [-0.2, 0) is 6.61 Å². The lowest BCUT2D eigenvalue weighted by Gasteiger charge is -2.09. The lowest BCUT2D eigenvalue weighted by Crippen LogP contribution is -1.96. The van der Waals surface area contributed by atoms with Crippen LogP contribution < -0.4 is 4.74 Å². The van der Waals surface area contributed by atoms with Gasteiger partial charge in [-0.1, -0.05) is 74.0 Å². The maximum Gasteiger partial charge on any atom is 0.127 e. The number of para-hydroxylation sites is 1. The predicted octanol–water partition coefficient (Wildman–Crippen LogP) is 5.47. The zero-order valence-electron chi connectivity index (χ0n) is 12.8. The van der Waals surface area contributed by atoms with Gasteiger partial charge in [0.05, 0.1) is 0 Å². The number of ether oxygens (including phenoxy) is 1. The van der Waals surface area contributed by atoms with Crippen molar-refractivity contribution in [2.24, 2.45) is 5.41 Å². The Morgan fingerprint density at radius 1 is 1.05 bits per heavy atom. The zero-order chi connectivity index (χ0) is 14.7. The second-order valence-corrected chi connectivity index (χ2v) is 6.07. The van der Waals surface area contributed by atoms with Crippen molar-refractivity contribution in [1.29, 1.82) is 0 Å². The van der Waals surface area contributed by atoms with Crippen molar-refractivity contribution in [3.8, 4) is 5.75 Å². The summed E-state index contributed by atoms with van der Waals surface area (Å²) >= 11 is 0. The van der Waals surface area contributed by atoms with Gasteiger partial charge in [-0.15, -0.1) is 0 Å². The first-order valence-corrected chi connectivity index (χ1v) is 7.68. The molecule has 0 heterocycles. The van der Waals surface area contributed by atoms with E-state index in [1.807, 2.05) is 24.3 Å². The van der Waals surface area contributed by atoms with Crippen molar-refractivity contribution in [1.82, 2.24) is 0 Å². The van der Waals surface area contributed by atoms with Gasteiger partial charge in [-0.2, -0.15) is 0 Å². The van der Waals surface area contributed by atoms with Crippen molar-refractivity contribution < 1.29 is 4.74 Å². The van der Waals surface area contributed by atoms with E-state index in [1.165, 1.54) is 24.0 Å². The fourth-order valence-corrected chi connectivity index (χ4v) is 2.61. The van der Waals surface area contributed by atoms with Gasteiger partial charge in [0, 0.05) is 5.56 Å². The third kappa shape index (κ3) is 3.18. The van der Waals surface area contributed by atoms with Crippen LogP contribution in [0.25, 0.3) is 6.08 Å². The predicted molar refractivity (Wildman–Crippen MR) is 88.2 cm³/mol. The van der Waals surface area contributed by atoms with Gasteiger partial charge in [-0.25, -0.2) is 0 Å². The molecule has 1 aliphatic rings. The molecule has 0 N–H and O–H groups in total. The third-order valence-corrected chi connectivity index (χ3v) is 4.50. The Morgan fingerprint density at radius 2 is 1.76 bits per heavy atom. The summed E-state index contributed by atoms with van der Waals surface area (Å²) in [5, 5.41) is 0. The standard InChI is InChI=1S/C20H22O/c1-3-20(2)14-18(20)13-17-11-7-8-12-19(17)21-15-16-9-5-4-6-10-16/h4-13H,3,14-15H2,1-2H3/b18-13+/t20-/m0/s1. The van der Waals surface area contributed by atoms with Crippen LogP contribution in [0.5, 0.6) is 5.75 Å². The molecule has 1 nitrogen and oxygen atoms in total. The lowest BCUT2D eigenvalue weighted by atomic mass is 10.0. The van der Waals surface area contributed by atoms with E-state index in [4.69, 9.17) is 4.74 Å². The summed E-state index contributed by atoms with van der Waals surface area (Å²) in [5.41, 5.74) is 4.36. The van der Waals surface area contributed by atoms with Crippen LogP contribution in [0.3, 0.4) is 0 Å². The maximum atomic E-state index is 6.01. The molecule has 1 fully saturated rings. The number of allylic oxidation sites excluding steroid dienone is 1. The molecule has 0 saturated heterocycles. The van der Waals surface area contributed by atoms with Gasteiger partial charge in [0.1, 0.15) is 12.4 Å². The van der Waals surface area contributed by atoms with Crippen molar-refractivity contribution in [2.45, 2.75) is 33.3 Å². The highest BCUT2D eigenvalue weighted by Crippen LogP contribution is 2.55. The molecule has 108 valence electrons. The number of hydrogen-bond acceptors (Lipinski definition) is 1. The quantitative estimate of drug-likeness (QED) is 0.704. The van der Waals surface area contributed by atoms with Crippen LogP contribution in [-0.4, -0.2) is 0 Å². The lowest BCUT2D eigenvalue weighted by molar-refractivity contribution is 0.305. The Labute approximate surface area is 127 Å². The summed E-state index contributed by atoms with van der Waals surface area (Å²) in [6, 6.07) is 18.6. The Morgan fingerprint density at radius 3 is 2.48 bits per heavy atom. The van der Waals surface area contributed by atoms with E-state index in [-0.39, 0.29) is 0 Å². The molecule has 1 heteroatoms. The number of benzene rings is 2. The van der Waals surface area contributed by atoms with Crippen molar-refractivity contribution >= 4 is 6.08 Å². The molecule has 0 aliphatic heterocycles. The smallest absolute Gasteiger partial charge is 0.127 e. The van der Waals surface area contributed by atoms with Gasteiger partial charge < -0.3 is 4.74 Å². The van der Waals surface area contributed by atoms with Gasteiger partial charge in [-0.3, -0.25) is 0 Å². The average molecular weight is 278 g/mol. The largest absolute Gasteiger partial charge is 0.488 e. The molecule has 0 radical (unpaired) electrons. The van der Waals surface area contributed by atoms with Crippen molar-refractivity contribution in [3.05, 3.63) is 71.3 Å². The highest BCUT2D eigenvalue weighted by atomic mass is 16.5. The second-order valence-electron chi connectivity index (χ2n) is 6.07. The molecular weight excluding hydrogens is 256 g/mol. The maximum absolute atomic E-state index is 6.01. The molecule has 0 amide bonds. The Bertz CT molecular complexity index is 642. The summed E-state index contributed by atoms with van der Waals surface area (Å²) in [7, 11) is 0. The third-order valence-electron chi connectivity index (χ3n) is 4.50. The molecule has 0 unspecified atom stereocenters. The summed E-state index contributed by atoms with van der Waals surface area (Å²) < 4.78 is 6.01. The molecule has 0 spiro atoms. The first kappa shape index (κ1) is 13.9. The first-order chi connectivity index (χ1) is 10.2. The van der Waals surface area contributed by atoms with Crippen molar-refractivity contribution in [3.63, 3.8) is 0 Å². The monoisotopic (exact) mass is 278 g/mol. The Kier molecular flexibility index (Phi) is 3.83. The van der Waals surface area contributed by atoms with E-state index in [2.05, 4.69) is 50.3 Å². The summed E-state index contributed by atoms with van der Waals surface area (Å²) in [6.45, 7) is 5.22. The number of hydrogen-bond donors (Lipinski definition) is 0. The second kappa shape index (κ2) is 5.77. The van der Waals surface area contributed by atoms with Crippen LogP contribution in [0.15, 0.2) is 60.2 Å². The van der Waals surface area contributed by atoms with Gasteiger partial charge >= 0.3 is 0 Å². The average Bonchev–Trinajstić information content (AvgIpc) is 3.18. The molecule has 2 aromatic rings. The molecule has 3 rings (SSSR count). The van der Waals surface area contributed by atoms with Crippen LogP contribution in [0.4, 0.5) is 0 Å². The van der Waals surface area contributed by atoms with Gasteiger partial charge in [-0.05, 0) is 29.9 Å². The summed E-state index contributed by atoms with van der Waals surface area (Å²) in [4.78, 5) is 0. The van der Waals surface area contributed by atoms with Crippen LogP contribution in [0.1, 0.15) is 37.8 Å². The van der Waals surface area contributed by atoms with Gasteiger partial charge in [0.2, 0.25) is 0 Å². The summed E-state index contributed by atoms with van der Waals surface area (Å²) in [5.74, 6) is 0.971. The molecule has 1 saturated carbocycles. The first-order valence-electron chi connectivity index (χ1n) is 7.68. The molecule has 21 heavy (non-hydrogen) atoms. The molecule has 2 aromatic carbocycles. The minimum Gasteiger partial charge on any atom is -0.488 e. The minimum atomic E-state index is 0.423. The van der Waals surface area contributed by atoms with E-state index in [0.717, 1.165) is 5.75 Å². The molecule has 0 bridgehead atoms. The highest BCUT2D eigenvalue weighted by molar-refractivity contribution is 5.64. The van der Waals surface area contributed by atoms with Gasteiger partial charge in [0.15, 0.2) is 0 Å². The zero-order valence-corrected chi connectivity index (χ0v) is 12.8. The number of rotatable bonds is 5. The molecular formula is C20H22O. The Hall–Kier alpha value is -2.02. The normalized spacial score (nSPS) is 22.3. The summed E-state index contributed by atoms with van der Waals surface area (Å²) in [6.07, 6.45) is 4.74. The fraction of sp³-hybridized carbons (Fsp3) is 0.300. The minimum absolute atomic E-state index is 0.423. The van der Waals surface area contributed by atoms with E-state index in [9.17, 15) is 0 Å². The van der Waals surface area contributed by atoms with Crippen LogP contribution >= 0.6 is 0 Å².